The van der Waals surface area contributed by atoms with Crippen molar-refractivity contribution in [2.75, 3.05) is 20.6 Å². The van der Waals surface area contributed by atoms with Gasteiger partial charge in [-0.05, 0) is 26.2 Å². The first-order valence-corrected chi connectivity index (χ1v) is 9.47. The van der Waals surface area contributed by atoms with E-state index in [4.69, 9.17) is 27.7 Å². The van der Waals surface area contributed by atoms with Gasteiger partial charge in [-0.15, -0.1) is 0 Å². The molecule has 144 valence electrons. The Kier molecular flexibility index (Phi) is 5.02. The number of halogens is 2. The number of likely N-dealkylation sites (N-methyl/N-ethyl adjacent to an activating group) is 1. The Morgan fingerprint density at radius 1 is 1.18 bits per heavy atom. The molecule has 3 heterocycles. The number of H-pyrrole nitrogens is 1. The molecule has 8 heteroatoms. The maximum Gasteiger partial charge on any atom is 0.274 e. The predicted molar refractivity (Wildman–Crippen MR) is 112 cm³/mol. The summed E-state index contributed by atoms with van der Waals surface area (Å²) >= 11 is 12.5. The number of benzene rings is 1. The SMILES string of the molecule is CN(C)CCn1ccc2c(-c3oncc3-c3cccc(Cl)c3Cl)c[nH]c2c1=O. The number of aromatic amines is 1. The summed E-state index contributed by atoms with van der Waals surface area (Å²) in [4.78, 5) is 17.9. The number of aromatic nitrogens is 3. The van der Waals surface area contributed by atoms with Crippen LogP contribution in [0.3, 0.4) is 0 Å². The van der Waals surface area contributed by atoms with Crippen LogP contribution in [0.2, 0.25) is 10.0 Å². The fourth-order valence-electron chi connectivity index (χ4n) is 3.17. The lowest BCUT2D eigenvalue weighted by atomic mass is 10.0. The molecule has 3 aromatic heterocycles. The largest absolute Gasteiger partial charge is 0.356 e. The Hall–Kier alpha value is -2.54. The average molecular weight is 417 g/mol. The standard InChI is InChI=1S/C20H18Cl2N4O2/c1-25(2)8-9-26-7-6-13-14(10-23-18(13)20(26)27)19-15(11-24-28-19)12-4-3-5-16(21)17(12)22/h3-7,10-11,23H,8-9H2,1-2H3. The van der Waals surface area contributed by atoms with Gasteiger partial charge in [0.05, 0.1) is 21.8 Å². The van der Waals surface area contributed by atoms with E-state index in [-0.39, 0.29) is 5.56 Å². The van der Waals surface area contributed by atoms with Gasteiger partial charge in [0.25, 0.3) is 5.56 Å². The first-order valence-electron chi connectivity index (χ1n) is 8.72. The molecular formula is C20H18Cl2N4O2. The second kappa shape index (κ2) is 7.47. The minimum atomic E-state index is -0.0764. The van der Waals surface area contributed by atoms with Gasteiger partial charge >= 0.3 is 0 Å². The van der Waals surface area contributed by atoms with Gasteiger partial charge in [-0.3, -0.25) is 4.79 Å². The Morgan fingerprint density at radius 2 is 2.00 bits per heavy atom. The van der Waals surface area contributed by atoms with Gasteiger partial charge in [-0.1, -0.05) is 40.5 Å². The molecule has 0 fully saturated rings. The van der Waals surface area contributed by atoms with Gasteiger partial charge in [0.15, 0.2) is 5.76 Å². The summed E-state index contributed by atoms with van der Waals surface area (Å²) in [5, 5.41) is 5.59. The van der Waals surface area contributed by atoms with Gasteiger partial charge in [0, 0.05) is 42.0 Å². The highest BCUT2D eigenvalue weighted by Crippen LogP contribution is 2.40. The summed E-state index contributed by atoms with van der Waals surface area (Å²) in [7, 11) is 3.95. The Morgan fingerprint density at radius 3 is 2.79 bits per heavy atom. The molecule has 0 spiro atoms. The fourth-order valence-corrected chi connectivity index (χ4v) is 3.57. The lowest BCUT2D eigenvalue weighted by Gasteiger charge is -2.11. The summed E-state index contributed by atoms with van der Waals surface area (Å²) in [6.07, 6.45) is 5.16. The van der Waals surface area contributed by atoms with Crippen LogP contribution in [0, 0.1) is 0 Å². The van der Waals surface area contributed by atoms with Crippen molar-refractivity contribution >= 4 is 34.1 Å². The van der Waals surface area contributed by atoms with Gasteiger partial charge in [-0.2, -0.15) is 0 Å². The average Bonchev–Trinajstić information content (AvgIpc) is 3.30. The Labute approximate surface area is 171 Å². The third kappa shape index (κ3) is 3.24. The first-order chi connectivity index (χ1) is 13.5. The van der Waals surface area contributed by atoms with Crippen molar-refractivity contribution in [1.82, 2.24) is 19.6 Å². The Balaban J connectivity index is 1.82. The maximum atomic E-state index is 12.8. The second-order valence-corrected chi connectivity index (χ2v) is 7.56. The molecule has 0 amide bonds. The van der Waals surface area contributed by atoms with Crippen LogP contribution in [0.25, 0.3) is 33.4 Å². The zero-order valence-electron chi connectivity index (χ0n) is 15.4. The van der Waals surface area contributed by atoms with Crippen molar-refractivity contribution in [2.45, 2.75) is 6.54 Å². The van der Waals surface area contributed by atoms with Crippen LogP contribution in [0.1, 0.15) is 0 Å². The molecule has 4 rings (SSSR count). The van der Waals surface area contributed by atoms with Crippen molar-refractivity contribution in [2.24, 2.45) is 0 Å². The van der Waals surface area contributed by atoms with Crippen molar-refractivity contribution in [3.63, 3.8) is 0 Å². The highest BCUT2D eigenvalue weighted by Gasteiger charge is 2.20. The zero-order valence-corrected chi connectivity index (χ0v) is 16.9. The molecule has 0 radical (unpaired) electrons. The first kappa shape index (κ1) is 18.8. The predicted octanol–water partition coefficient (Wildman–Crippen LogP) is 4.52. The fraction of sp³-hybridized carbons (Fsp3) is 0.200. The highest BCUT2D eigenvalue weighted by atomic mass is 35.5. The summed E-state index contributed by atoms with van der Waals surface area (Å²) in [5.74, 6) is 0.529. The van der Waals surface area contributed by atoms with Crippen molar-refractivity contribution in [1.29, 1.82) is 0 Å². The van der Waals surface area contributed by atoms with Crippen LogP contribution in [0.4, 0.5) is 0 Å². The Bertz CT molecular complexity index is 1210. The molecular weight excluding hydrogens is 399 g/mol. The van der Waals surface area contributed by atoms with E-state index in [9.17, 15) is 4.79 Å². The third-order valence-corrected chi connectivity index (χ3v) is 5.48. The summed E-state index contributed by atoms with van der Waals surface area (Å²) in [5.41, 5.74) is 2.63. The minimum absolute atomic E-state index is 0.0764. The van der Waals surface area contributed by atoms with E-state index in [0.29, 0.717) is 33.4 Å². The molecule has 6 nitrogen and oxygen atoms in total. The molecule has 28 heavy (non-hydrogen) atoms. The number of hydrogen-bond acceptors (Lipinski definition) is 4. The molecule has 0 bridgehead atoms. The topological polar surface area (TPSA) is 67.1 Å². The number of nitrogens with zero attached hydrogens (tertiary/aromatic N) is 3. The molecule has 1 N–H and O–H groups in total. The van der Waals surface area contributed by atoms with E-state index in [2.05, 4.69) is 10.1 Å². The summed E-state index contributed by atoms with van der Waals surface area (Å²) in [6, 6.07) is 7.30. The number of rotatable bonds is 5. The lowest BCUT2D eigenvalue weighted by Crippen LogP contribution is -2.26. The van der Waals surface area contributed by atoms with Gasteiger partial charge in [0.1, 0.15) is 5.52 Å². The minimum Gasteiger partial charge on any atom is -0.356 e. The number of nitrogens with one attached hydrogen (secondary N) is 1. The molecule has 0 saturated carbocycles. The van der Waals surface area contributed by atoms with Crippen LogP contribution < -0.4 is 5.56 Å². The lowest BCUT2D eigenvalue weighted by molar-refractivity contribution is 0.381. The van der Waals surface area contributed by atoms with E-state index < -0.39 is 0 Å². The summed E-state index contributed by atoms with van der Waals surface area (Å²) in [6.45, 7) is 1.39. The normalized spacial score (nSPS) is 11.6. The molecule has 0 unspecified atom stereocenters. The second-order valence-electron chi connectivity index (χ2n) is 6.78. The smallest absolute Gasteiger partial charge is 0.274 e. The van der Waals surface area contributed by atoms with E-state index in [1.54, 1.807) is 29.2 Å². The molecule has 0 aliphatic carbocycles. The van der Waals surface area contributed by atoms with E-state index in [1.807, 2.05) is 37.2 Å². The zero-order chi connectivity index (χ0) is 19.8. The number of fused-ring (bicyclic) bond motifs is 1. The van der Waals surface area contributed by atoms with E-state index in [1.165, 1.54) is 0 Å². The maximum absolute atomic E-state index is 12.8. The van der Waals surface area contributed by atoms with Crippen LogP contribution in [-0.4, -0.2) is 40.2 Å². The highest BCUT2D eigenvalue weighted by molar-refractivity contribution is 6.43. The third-order valence-electron chi connectivity index (χ3n) is 4.66. The monoisotopic (exact) mass is 416 g/mol. The van der Waals surface area contributed by atoms with Gasteiger partial charge < -0.3 is 19.0 Å². The van der Waals surface area contributed by atoms with Crippen LogP contribution in [0.15, 0.2) is 52.2 Å². The van der Waals surface area contributed by atoms with E-state index in [0.717, 1.165) is 23.1 Å². The molecule has 1 aromatic carbocycles. The van der Waals surface area contributed by atoms with Crippen LogP contribution in [-0.2, 0) is 6.54 Å². The van der Waals surface area contributed by atoms with Gasteiger partial charge in [-0.25, -0.2) is 0 Å². The summed E-state index contributed by atoms with van der Waals surface area (Å²) < 4.78 is 7.22. The molecule has 0 aliphatic heterocycles. The molecule has 0 aliphatic rings. The van der Waals surface area contributed by atoms with Crippen molar-refractivity contribution in [3.05, 3.63) is 63.3 Å². The van der Waals surface area contributed by atoms with Crippen LogP contribution in [0.5, 0.6) is 0 Å². The molecule has 0 saturated heterocycles. The quantitative estimate of drug-likeness (QED) is 0.519. The van der Waals surface area contributed by atoms with Crippen LogP contribution >= 0.6 is 23.2 Å². The molecule has 4 aromatic rings. The number of pyridine rings is 1. The van der Waals surface area contributed by atoms with Gasteiger partial charge in [0.2, 0.25) is 0 Å². The number of hydrogen-bond donors (Lipinski definition) is 1. The van der Waals surface area contributed by atoms with Crippen molar-refractivity contribution < 1.29 is 4.52 Å². The van der Waals surface area contributed by atoms with Crippen molar-refractivity contribution in [3.8, 4) is 22.5 Å². The van der Waals surface area contributed by atoms with E-state index >= 15 is 0 Å². The molecule has 0 atom stereocenters.